The highest BCUT2D eigenvalue weighted by Gasteiger charge is 2.08. The summed E-state index contributed by atoms with van der Waals surface area (Å²) in [5.41, 5.74) is 3.03. The van der Waals surface area contributed by atoms with E-state index in [1.165, 1.54) is 23.8 Å². The van der Waals surface area contributed by atoms with Crippen molar-refractivity contribution < 1.29 is 9.18 Å². The van der Waals surface area contributed by atoms with Crippen LogP contribution in [0, 0.1) is 11.7 Å². The van der Waals surface area contributed by atoms with Gasteiger partial charge in [0.25, 0.3) is 0 Å². The van der Waals surface area contributed by atoms with Crippen LogP contribution in [0.5, 0.6) is 0 Å². The molecule has 126 valence electrons. The van der Waals surface area contributed by atoms with E-state index in [-0.39, 0.29) is 17.8 Å². The molecular weight excluding hydrogens is 301 g/mol. The third-order valence-corrected chi connectivity index (χ3v) is 3.76. The minimum Gasteiger partial charge on any atom is -0.346 e. The lowest BCUT2D eigenvalue weighted by atomic mass is 10.00. The van der Waals surface area contributed by atoms with Gasteiger partial charge < -0.3 is 5.32 Å². The van der Waals surface area contributed by atoms with E-state index in [1.54, 1.807) is 18.2 Å². The zero-order valence-corrected chi connectivity index (χ0v) is 14.4. The fourth-order valence-corrected chi connectivity index (χ4v) is 2.54. The lowest BCUT2D eigenvalue weighted by molar-refractivity contribution is -0.117. The Labute approximate surface area is 143 Å². The summed E-state index contributed by atoms with van der Waals surface area (Å²) < 4.78 is 13.1. The van der Waals surface area contributed by atoms with Gasteiger partial charge in [-0.25, -0.2) is 4.39 Å². The van der Waals surface area contributed by atoms with Gasteiger partial charge in [0.15, 0.2) is 0 Å². The Bertz CT molecular complexity index is 704. The van der Waals surface area contributed by atoms with E-state index in [9.17, 15) is 9.18 Å². The highest BCUT2D eigenvalue weighted by molar-refractivity contribution is 5.91. The maximum Gasteiger partial charge on any atom is 0.244 e. The van der Waals surface area contributed by atoms with E-state index in [0.29, 0.717) is 11.5 Å². The van der Waals surface area contributed by atoms with Crippen molar-refractivity contribution in [2.75, 3.05) is 0 Å². The van der Waals surface area contributed by atoms with Crippen molar-refractivity contribution in [2.45, 2.75) is 33.2 Å². The zero-order chi connectivity index (χ0) is 17.5. The lowest BCUT2D eigenvalue weighted by Crippen LogP contribution is -2.24. The second-order valence-electron chi connectivity index (χ2n) is 6.46. The number of nitrogens with one attached hydrogen (secondary N) is 1. The summed E-state index contributed by atoms with van der Waals surface area (Å²) >= 11 is 0. The van der Waals surface area contributed by atoms with Crippen molar-refractivity contribution in [1.82, 2.24) is 5.32 Å². The molecule has 2 nitrogen and oxygen atoms in total. The van der Waals surface area contributed by atoms with Crippen LogP contribution in [0.4, 0.5) is 4.39 Å². The topological polar surface area (TPSA) is 29.1 Å². The molecule has 2 aromatic rings. The minimum absolute atomic E-state index is 0.0808. The second-order valence-corrected chi connectivity index (χ2v) is 6.46. The highest BCUT2D eigenvalue weighted by Crippen LogP contribution is 2.15. The van der Waals surface area contributed by atoms with Crippen molar-refractivity contribution in [3.8, 4) is 0 Å². The van der Waals surface area contributed by atoms with Crippen LogP contribution in [0.25, 0.3) is 6.08 Å². The van der Waals surface area contributed by atoms with Gasteiger partial charge in [-0.1, -0.05) is 50.2 Å². The molecule has 2 rings (SSSR count). The van der Waals surface area contributed by atoms with Gasteiger partial charge in [-0.3, -0.25) is 4.79 Å². The number of carbonyl (C=O) groups is 1. The molecule has 0 fully saturated rings. The average molecular weight is 325 g/mol. The van der Waals surface area contributed by atoms with Crippen LogP contribution in [-0.4, -0.2) is 5.91 Å². The largest absolute Gasteiger partial charge is 0.346 e. The van der Waals surface area contributed by atoms with Crippen LogP contribution in [0.15, 0.2) is 54.6 Å². The Balaban J connectivity index is 1.93. The van der Waals surface area contributed by atoms with Gasteiger partial charge in [-0.05, 0) is 54.2 Å². The van der Waals surface area contributed by atoms with Crippen molar-refractivity contribution in [1.29, 1.82) is 0 Å². The van der Waals surface area contributed by atoms with E-state index < -0.39 is 0 Å². The number of rotatable bonds is 6. The quantitative estimate of drug-likeness (QED) is 0.751. The molecule has 0 radical (unpaired) electrons. The number of halogens is 1. The molecule has 0 aliphatic carbocycles. The normalized spacial score (nSPS) is 12.5. The molecule has 1 N–H and O–H groups in total. The maximum atomic E-state index is 13.1. The van der Waals surface area contributed by atoms with Crippen LogP contribution in [0.1, 0.15) is 43.5 Å². The molecule has 0 spiro atoms. The minimum atomic E-state index is -0.313. The summed E-state index contributed by atoms with van der Waals surface area (Å²) in [6.45, 7) is 6.34. The van der Waals surface area contributed by atoms with Crippen LogP contribution >= 0.6 is 0 Å². The molecule has 3 heteroatoms. The van der Waals surface area contributed by atoms with Crippen LogP contribution in [0.2, 0.25) is 0 Å². The molecule has 0 aliphatic heterocycles. The van der Waals surface area contributed by atoms with E-state index in [2.05, 4.69) is 43.4 Å². The summed E-state index contributed by atoms with van der Waals surface area (Å²) in [7, 11) is 0. The molecule has 0 saturated heterocycles. The van der Waals surface area contributed by atoms with Gasteiger partial charge in [0.2, 0.25) is 5.91 Å². The summed E-state index contributed by atoms with van der Waals surface area (Å²) in [6, 6.07) is 14.4. The molecule has 0 heterocycles. The number of amides is 1. The lowest BCUT2D eigenvalue weighted by Gasteiger charge is -2.14. The molecule has 0 aliphatic rings. The van der Waals surface area contributed by atoms with Gasteiger partial charge >= 0.3 is 0 Å². The molecule has 2 aromatic carbocycles. The first-order chi connectivity index (χ1) is 11.4. The van der Waals surface area contributed by atoms with Gasteiger partial charge in [0.1, 0.15) is 5.82 Å². The van der Waals surface area contributed by atoms with E-state index in [0.717, 1.165) is 12.0 Å². The number of carbonyl (C=O) groups excluding carboxylic acids is 1. The monoisotopic (exact) mass is 325 g/mol. The van der Waals surface area contributed by atoms with Crippen molar-refractivity contribution in [2.24, 2.45) is 5.92 Å². The average Bonchev–Trinajstić information content (AvgIpc) is 2.53. The highest BCUT2D eigenvalue weighted by atomic mass is 19.1. The summed E-state index contributed by atoms with van der Waals surface area (Å²) in [6.07, 6.45) is 4.09. The molecule has 0 aromatic heterocycles. The van der Waals surface area contributed by atoms with Gasteiger partial charge in [-0.2, -0.15) is 0 Å². The van der Waals surface area contributed by atoms with E-state index in [4.69, 9.17) is 0 Å². The van der Waals surface area contributed by atoms with Gasteiger partial charge in [-0.15, -0.1) is 0 Å². The van der Waals surface area contributed by atoms with Gasteiger partial charge in [0.05, 0.1) is 6.04 Å². The standard InChI is InChI=1S/C21H24FNO/c1-15(2)13-18-7-10-19(11-8-18)16(3)23-21(24)12-9-17-5-4-6-20(22)14-17/h4-12,14-16H,13H2,1-3H3,(H,23,24)/b12-9+/t16-/m0/s1. The fourth-order valence-electron chi connectivity index (χ4n) is 2.54. The summed E-state index contributed by atoms with van der Waals surface area (Å²) in [5, 5.41) is 2.92. The summed E-state index contributed by atoms with van der Waals surface area (Å²) in [5.74, 6) is 0.117. The van der Waals surface area contributed by atoms with Crippen molar-refractivity contribution in [3.05, 3.63) is 77.1 Å². The zero-order valence-electron chi connectivity index (χ0n) is 14.4. The maximum absolute atomic E-state index is 13.1. The van der Waals surface area contributed by atoms with Crippen LogP contribution < -0.4 is 5.32 Å². The Hall–Kier alpha value is -2.42. The first-order valence-corrected chi connectivity index (χ1v) is 8.27. The fraction of sp³-hybridized carbons (Fsp3) is 0.286. The van der Waals surface area contributed by atoms with Crippen LogP contribution in [0.3, 0.4) is 0 Å². The predicted molar refractivity (Wildman–Crippen MR) is 97.0 cm³/mol. The molecule has 0 bridgehead atoms. The summed E-state index contributed by atoms with van der Waals surface area (Å²) in [4.78, 5) is 12.0. The van der Waals surface area contributed by atoms with Crippen molar-refractivity contribution >= 4 is 12.0 Å². The number of benzene rings is 2. The predicted octanol–water partition coefficient (Wildman–Crippen LogP) is 4.91. The van der Waals surface area contributed by atoms with E-state index in [1.807, 2.05) is 6.92 Å². The number of hydrogen-bond acceptors (Lipinski definition) is 1. The molecule has 24 heavy (non-hydrogen) atoms. The van der Waals surface area contributed by atoms with Gasteiger partial charge in [0, 0.05) is 6.08 Å². The molecule has 1 atom stereocenters. The third kappa shape index (κ3) is 5.65. The van der Waals surface area contributed by atoms with Crippen LogP contribution in [-0.2, 0) is 11.2 Å². The van der Waals surface area contributed by atoms with Crippen molar-refractivity contribution in [3.63, 3.8) is 0 Å². The van der Waals surface area contributed by atoms with E-state index >= 15 is 0 Å². The SMILES string of the molecule is CC(C)Cc1ccc([C@H](C)NC(=O)/C=C/c2cccc(F)c2)cc1. The Morgan fingerprint density at radius 3 is 2.46 bits per heavy atom. The Kier molecular flexibility index (Phi) is 6.30. The molecule has 0 saturated carbocycles. The second kappa shape index (κ2) is 8.44. The smallest absolute Gasteiger partial charge is 0.244 e. The number of hydrogen-bond donors (Lipinski definition) is 1. The molecule has 0 unspecified atom stereocenters. The first kappa shape index (κ1) is 17.9. The Morgan fingerprint density at radius 1 is 1.12 bits per heavy atom. The molecule has 1 amide bonds. The first-order valence-electron chi connectivity index (χ1n) is 8.27. The Morgan fingerprint density at radius 2 is 1.83 bits per heavy atom. The molecular formula is C21H24FNO. The third-order valence-electron chi connectivity index (χ3n) is 3.76.